The minimum absolute atomic E-state index is 0.0250. The van der Waals surface area contributed by atoms with Gasteiger partial charge in [0.15, 0.2) is 0 Å². The highest BCUT2D eigenvalue weighted by molar-refractivity contribution is 4.76. The maximum absolute atomic E-state index is 5.71. The van der Waals surface area contributed by atoms with Gasteiger partial charge in [0.05, 0.1) is 5.60 Å². The van der Waals surface area contributed by atoms with E-state index in [1.54, 1.807) is 0 Å². The van der Waals surface area contributed by atoms with Crippen LogP contribution in [-0.2, 0) is 4.74 Å². The first-order chi connectivity index (χ1) is 5.99. The van der Waals surface area contributed by atoms with Crippen molar-refractivity contribution < 1.29 is 4.74 Å². The van der Waals surface area contributed by atoms with Crippen molar-refractivity contribution in [2.45, 2.75) is 51.7 Å². The van der Waals surface area contributed by atoms with E-state index in [2.05, 4.69) is 32.7 Å². The van der Waals surface area contributed by atoms with Crippen molar-refractivity contribution in [2.75, 3.05) is 20.2 Å². The van der Waals surface area contributed by atoms with Crippen LogP contribution in [0.5, 0.6) is 0 Å². The van der Waals surface area contributed by atoms with Gasteiger partial charge < -0.3 is 9.64 Å². The molecule has 2 nitrogen and oxygen atoms in total. The molecule has 0 aromatic heterocycles. The monoisotopic (exact) mass is 185 g/mol. The van der Waals surface area contributed by atoms with Crippen LogP contribution in [-0.4, -0.2) is 36.7 Å². The Morgan fingerprint density at radius 1 is 1.38 bits per heavy atom. The molecule has 78 valence electrons. The van der Waals surface area contributed by atoms with Crippen LogP contribution in [0.3, 0.4) is 0 Å². The van der Waals surface area contributed by atoms with Crippen LogP contribution in [0, 0.1) is 0 Å². The summed E-state index contributed by atoms with van der Waals surface area (Å²) in [5, 5.41) is 0. The fraction of sp³-hybridized carbons (Fsp3) is 1.00. The molecule has 1 atom stereocenters. The van der Waals surface area contributed by atoms with Crippen LogP contribution in [0.4, 0.5) is 0 Å². The summed E-state index contributed by atoms with van der Waals surface area (Å²) in [6, 6.07) is 0.766. The molecule has 0 amide bonds. The molecule has 1 rings (SSSR count). The normalized spacial score (nSPS) is 25.4. The maximum atomic E-state index is 5.71. The Hall–Kier alpha value is -0.0800. The quantitative estimate of drug-likeness (QED) is 0.669. The van der Waals surface area contributed by atoms with E-state index in [-0.39, 0.29) is 5.60 Å². The predicted octanol–water partition coefficient (Wildman–Crippen LogP) is 2.29. The van der Waals surface area contributed by atoms with Crippen molar-refractivity contribution in [3.63, 3.8) is 0 Å². The molecule has 2 heteroatoms. The zero-order valence-electron chi connectivity index (χ0n) is 9.47. The van der Waals surface area contributed by atoms with Gasteiger partial charge in [-0.1, -0.05) is 0 Å². The topological polar surface area (TPSA) is 12.5 Å². The van der Waals surface area contributed by atoms with Crippen LogP contribution in [0.1, 0.15) is 40.0 Å². The van der Waals surface area contributed by atoms with Crippen LogP contribution in [0.25, 0.3) is 0 Å². The molecule has 0 aromatic rings. The summed E-state index contributed by atoms with van der Waals surface area (Å²) < 4.78 is 5.71. The summed E-state index contributed by atoms with van der Waals surface area (Å²) in [5.41, 5.74) is 0.0250. The molecule has 1 aliphatic rings. The fourth-order valence-corrected chi connectivity index (χ4v) is 1.85. The van der Waals surface area contributed by atoms with Gasteiger partial charge in [0.2, 0.25) is 0 Å². The summed E-state index contributed by atoms with van der Waals surface area (Å²) in [7, 11) is 2.22. The molecule has 0 spiro atoms. The van der Waals surface area contributed by atoms with E-state index >= 15 is 0 Å². The lowest BCUT2D eigenvalue weighted by molar-refractivity contribution is -0.0102. The van der Waals surface area contributed by atoms with Crippen molar-refractivity contribution >= 4 is 0 Å². The lowest BCUT2D eigenvalue weighted by Gasteiger charge is -2.23. The van der Waals surface area contributed by atoms with Crippen LogP contribution in [0.15, 0.2) is 0 Å². The first-order valence-electron chi connectivity index (χ1n) is 5.33. The third kappa shape index (κ3) is 4.10. The Morgan fingerprint density at radius 2 is 2.08 bits per heavy atom. The van der Waals surface area contributed by atoms with Crippen LogP contribution >= 0.6 is 0 Å². The molecule has 0 bridgehead atoms. The summed E-state index contributed by atoms with van der Waals surface area (Å²) >= 11 is 0. The van der Waals surface area contributed by atoms with E-state index in [9.17, 15) is 0 Å². The molecule has 1 fully saturated rings. The third-order valence-electron chi connectivity index (χ3n) is 2.66. The number of hydrogen-bond acceptors (Lipinski definition) is 2. The van der Waals surface area contributed by atoms with Gasteiger partial charge in [-0.2, -0.15) is 0 Å². The number of ether oxygens (including phenoxy) is 1. The molecule has 0 saturated carbocycles. The van der Waals surface area contributed by atoms with Crippen molar-refractivity contribution in [3.8, 4) is 0 Å². The summed E-state index contributed by atoms with van der Waals surface area (Å²) in [6.45, 7) is 8.51. The molecule has 0 aliphatic carbocycles. The third-order valence-corrected chi connectivity index (χ3v) is 2.66. The number of hydrogen-bond donors (Lipinski definition) is 0. The van der Waals surface area contributed by atoms with E-state index in [0.29, 0.717) is 0 Å². The average Bonchev–Trinajstić information content (AvgIpc) is 2.34. The summed E-state index contributed by atoms with van der Waals surface area (Å²) in [6.07, 6.45) is 3.90. The molecule has 0 radical (unpaired) electrons. The molecule has 1 unspecified atom stereocenters. The Bertz CT molecular complexity index is 151. The zero-order valence-corrected chi connectivity index (χ0v) is 9.47. The van der Waals surface area contributed by atoms with Crippen molar-refractivity contribution in [1.29, 1.82) is 0 Å². The maximum Gasteiger partial charge on any atom is 0.0598 e. The highest BCUT2D eigenvalue weighted by Crippen LogP contribution is 2.18. The van der Waals surface area contributed by atoms with Gasteiger partial charge in [-0.15, -0.1) is 0 Å². The van der Waals surface area contributed by atoms with E-state index in [0.717, 1.165) is 12.6 Å². The zero-order chi connectivity index (χ0) is 9.90. The summed E-state index contributed by atoms with van der Waals surface area (Å²) in [5.74, 6) is 0. The van der Waals surface area contributed by atoms with E-state index in [1.807, 2.05) is 0 Å². The van der Waals surface area contributed by atoms with Gasteiger partial charge in [0.1, 0.15) is 0 Å². The van der Waals surface area contributed by atoms with Gasteiger partial charge >= 0.3 is 0 Å². The average molecular weight is 185 g/mol. The van der Waals surface area contributed by atoms with Crippen molar-refractivity contribution in [3.05, 3.63) is 0 Å². The fourth-order valence-electron chi connectivity index (χ4n) is 1.85. The van der Waals surface area contributed by atoms with E-state index < -0.39 is 0 Å². The Morgan fingerprint density at radius 3 is 2.54 bits per heavy atom. The predicted molar refractivity (Wildman–Crippen MR) is 56.0 cm³/mol. The van der Waals surface area contributed by atoms with Gasteiger partial charge in [-0.25, -0.2) is 0 Å². The van der Waals surface area contributed by atoms with Crippen LogP contribution < -0.4 is 0 Å². The van der Waals surface area contributed by atoms with Gasteiger partial charge in [-0.05, 0) is 53.6 Å². The van der Waals surface area contributed by atoms with Gasteiger partial charge in [0.25, 0.3) is 0 Å². The molecule has 1 aliphatic heterocycles. The molecular weight excluding hydrogens is 162 g/mol. The lowest BCUT2D eigenvalue weighted by atomic mass is 10.1. The first kappa shape index (κ1) is 11.0. The number of likely N-dealkylation sites (tertiary alicyclic amines) is 1. The Labute approximate surface area is 82.3 Å². The standard InChI is InChI=1S/C11H23NO/c1-11(2,3)13-9-7-10-6-5-8-12(10)4/h10H,5-9H2,1-4H3. The van der Waals surface area contributed by atoms with Crippen molar-refractivity contribution in [1.82, 2.24) is 4.90 Å². The number of rotatable bonds is 3. The highest BCUT2D eigenvalue weighted by atomic mass is 16.5. The van der Waals surface area contributed by atoms with Gasteiger partial charge in [-0.3, -0.25) is 0 Å². The largest absolute Gasteiger partial charge is 0.376 e. The molecule has 0 aromatic carbocycles. The van der Waals surface area contributed by atoms with Gasteiger partial charge in [0, 0.05) is 12.6 Å². The number of nitrogens with zero attached hydrogens (tertiary/aromatic N) is 1. The molecule has 0 N–H and O–H groups in total. The molecule has 13 heavy (non-hydrogen) atoms. The summed E-state index contributed by atoms with van der Waals surface area (Å²) in [4.78, 5) is 2.45. The van der Waals surface area contributed by atoms with E-state index in [4.69, 9.17) is 4.74 Å². The first-order valence-corrected chi connectivity index (χ1v) is 5.33. The minimum Gasteiger partial charge on any atom is -0.376 e. The second-order valence-electron chi connectivity index (χ2n) is 5.03. The minimum atomic E-state index is 0.0250. The molecule has 1 heterocycles. The Balaban J connectivity index is 2.12. The Kier molecular flexibility index (Phi) is 3.74. The lowest BCUT2D eigenvalue weighted by Crippen LogP contribution is -2.28. The van der Waals surface area contributed by atoms with Crippen molar-refractivity contribution in [2.24, 2.45) is 0 Å². The van der Waals surface area contributed by atoms with E-state index in [1.165, 1.54) is 25.8 Å². The van der Waals surface area contributed by atoms with Crippen LogP contribution in [0.2, 0.25) is 0 Å². The molecule has 1 saturated heterocycles. The molecular formula is C11H23NO. The highest BCUT2D eigenvalue weighted by Gasteiger charge is 2.21. The smallest absolute Gasteiger partial charge is 0.0598 e. The SMILES string of the molecule is CN1CCCC1CCOC(C)(C)C. The second kappa shape index (κ2) is 4.43. The second-order valence-corrected chi connectivity index (χ2v) is 5.03.